The standard InChI is InChI=1S/C18H24ClN3O/c1-20-7-6-16-17(18(20)19)14-4-2-3-5-15(14)22(16)9-8-21-10-12-23-13-11-21/h2-5,18H,6-13H2,1H3. The van der Waals surface area contributed by atoms with Crippen molar-refractivity contribution in [2.45, 2.75) is 18.5 Å². The van der Waals surface area contributed by atoms with E-state index in [9.17, 15) is 0 Å². The van der Waals surface area contributed by atoms with E-state index in [1.807, 2.05) is 0 Å². The Bertz CT molecular complexity index is 693. The van der Waals surface area contributed by atoms with Crippen LogP contribution < -0.4 is 0 Å². The predicted octanol–water partition coefficient (Wildman–Crippen LogP) is 2.70. The molecule has 0 spiro atoms. The summed E-state index contributed by atoms with van der Waals surface area (Å²) in [6, 6.07) is 8.70. The summed E-state index contributed by atoms with van der Waals surface area (Å²) in [5.74, 6) is 0. The highest BCUT2D eigenvalue weighted by Gasteiger charge is 2.29. The monoisotopic (exact) mass is 333 g/mol. The number of aromatic nitrogens is 1. The van der Waals surface area contributed by atoms with E-state index in [1.165, 1.54) is 22.2 Å². The quantitative estimate of drug-likeness (QED) is 0.636. The molecular weight excluding hydrogens is 310 g/mol. The number of hydrogen-bond donors (Lipinski definition) is 0. The topological polar surface area (TPSA) is 20.6 Å². The molecule has 0 bridgehead atoms. The highest BCUT2D eigenvalue weighted by atomic mass is 35.5. The molecular formula is C18H24ClN3O. The van der Waals surface area contributed by atoms with Crippen LogP contribution in [-0.2, 0) is 17.7 Å². The van der Waals surface area contributed by atoms with Gasteiger partial charge in [0.1, 0.15) is 5.50 Å². The van der Waals surface area contributed by atoms with Crippen molar-refractivity contribution in [2.24, 2.45) is 0 Å². The zero-order chi connectivity index (χ0) is 15.8. The van der Waals surface area contributed by atoms with E-state index in [2.05, 4.69) is 45.7 Å². The second-order valence-corrected chi connectivity index (χ2v) is 6.96. The first-order chi connectivity index (χ1) is 11.3. The summed E-state index contributed by atoms with van der Waals surface area (Å²) in [6.45, 7) is 6.94. The van der Waals surface area contributed by atoms with E-state index in [0.29, 0.717) is 0 Å². The number of morpholine rings is 1. The van der Waals surface area contributed by atoms with Gasteiger partial charge in [0.05, 0.1) is 13.2 Å². The lowest BCUT2D eigenvalue weighted by atomic mass is 10.0. The average Bonchev–Trinajstić information content (AvgIpc) is 2.91. The van der Waals surface area contributed by atoms with E-state index >= 15 is 0 Å². The molecule has 1 fully saturated rings. The van der Waals surface area contributed by atoms with Crippen molar-refractivity contribution in [3.63, 3.8) is 0 Å². The molecule has 0 aliphatic carbocycles. The highest BCUT2D eigenvalue weighted by Crippen LogP contribution is 2.39. The summed E-state index contributed by atoms with van der Waals surface area (Å²) < 4.78 is 7.95. The van der Waals surface area contributed by atoms with Crippen LogP contribution in [0.4, 0.5) is 0 Å². The van der Waals surface area contributed by atoms with Gasteiger partial charge in [-0.3, -0.25) is 9.80 Å². The van der Waals surface area contributed by atoms with E-state index < -0.39 is 0 Å². The maximum Gasteiger partial charge on any atom is 0.113 e. The number of nitrogens with zero attached hydrogens (tertiary/aromatic N) is 3. The minimum absolute atomic E-state index is 0.0201. The molecule has 0 N–H and O–H groups in total. The zero-order valence-electron chi connectivity index (χ0n) is 13.7. The van der Waals surface area contributed by atoms with Gasteiger partial charge in [0.15, 0.2) is 0 Å². The summed E-state index contributed by atoms with van der Waals surface area (Å²) in [4.78, 5) is 4.74. The second kappa shape index (κ2) is 6.44. The Morgan fingerprint density at radius 3 is 2.74 bits per heavy atom. The highest BCUT2D eigenvalue weighted by molar-refractivity contribution is 6.21. The molecule has 1 aromatic carbocycles. The molecule has 1 aromatic heterocycles. The van der Waals surface area contributed by atoms with Crippen molar-refractivity contribution in [1.29, 1.82) is 0 Å². The molecule has 5 heteroatoms. The van der Waals surface area contributed by atoms with Crippen LogP contribution in [0.1, 0.15) is 16.8 Å². The van der Waals surface area contributed by atoms with Gasteiger partial charge >= 0.3 is 0 Å². The molecule has 2 aromatic rings. The van der Waals surface area contributed by atoms with Gasteiger partial charge in [-0.25, -0.2) is 0 Å². The number of ether oxygens (including phenoxy) is 1. The van der Waals surface area contributed by atoms with E-state index in [0.717, 1.165) is 52.4 Å². The predicted molar refractivity (Wildman–Crippen MR) is 94.1 cm³/mol. The molecule has 0 amide bonds. The molecule has 4 nitrogen and oxygen atoms in total. The lowest BCUT2D eigenvalue weighted by molar-refractivity contribution is 0.0364. The third-order valence-electron chi connectivity index (χ3n) is 5.19. The molecule has 2 aliphatic rings. The lowest BCUT2D eigenvalue weighted by Crippen LogP contribution is -2.38. The van der Waals surface area contributed by atoms with E-state index in [-0.39, 0.29) is 5.50 Å². The molecule has 4 rings (SSSR count). The third kappa shape index (κ3) is 2.78. The first kappa shape index (κ1) is 15.5. The van der Waals surface area contributed by atoms with Gasteiger partial charge < -0.3 is 9.30 Å². The maximum atomic E-state index is 6.72. The van der Waals surface area contributed by atoms with Crippen LogP contribution in [0.5, 0.6) is 0 Å². The third-order valence-corrected chi connectivity index (χ3v) is 5.74. The van der Waals surface area contributed by atoms with Crippen LogP contribution in [0.25, 0.3) is 10.9 Å². The van der Waals surface area contributed by atoms with E-state index in [1.54, 1.807) is 0 Å². The lowest BCUT2D eigenvalue weighted by Gasteiger charge is -2.30. The summed E-state index contributed by atoms with van der Waals surface area (Å²) in [5.41, 5.74) is 4.05. The SMILES string of the molecule is CN1CCc2c(c3ccccc3n2CCN2CCOCC2)C1Cl. The number of fused-ring (bicyclic) bond motifs is 3. The number of para-hydroxylation sites is 1. The number of hydrogen-bond acceptors (Lipinski definition) is 3. The molecule has 124 valence electrons. The summed E-state index contributed by atoms with van der Waals surface area (Å²) in [6.07, 6.45) is 1.08. The van der Waals surface area contributed by atoms with Crippen LogP contribution in [0.2, 0.25) is 0 Å². The van der Waals surface area contributed by atoms with Gasteiger partial charge in [-0.05, 0) is 13.1 Å². The number of rotatable bonds is 3. The maximum absolute atomic E-state index is 6.72. The van der Waals surface area contributed by atoms with Crippen LogP contribution in [0.3, 0.4) is 0 Å². The van der Waals surface area contributed by atoms with Crippen molar-refractivity contribution in [3.05, 3.63) is 35.5 Å². The fourth-order valence-corrected chi connectivity index (χ4v) is 4.20. The Labute approximate surface area is 142 Å². The fourth-order valence-electron chi connectivity index (χ4n) is 3.86. The fraction of sp³-hybridized carbons (Fsp3) is 0.556. The molecule has 2 aliphatic heterocycles. The van der Waals surface area contributed by atoms with Crippen LogP contribution >= 0.6 is 11.6 Å². The number of likely N-dealkylation sites (N-methyl/N-ethyl adjacent to an activating group) is 1. The largest absolute Gasteiger partial charge is 0.379 e. The Morgan fingerprint density at radius 2 is 1.91 bits per heavy atom. The van der Waals surface area contributed by atoms with Crippen molar-refractivity contribution in [2.75, 3.05) is 46.4 Å². The summed E-state index contributed by atoms with van der Waals surface area (Å²) in [5, 5.41) is 1.32. The van der Waals surface area contributed by atoms with Crippen LogP contribution in [-0.4, -0.2) is 60.8 Å². The van der Waals surface area contributed by atoms with Crippen molar-refractivity contribution in [3.8, 4) is 0 Å². The number of alkyl halides is 1. The summed E-state index contributed by atoms with van der Waals surface area (Å²) >= 11 is 6.72. The first-order valence-electron chi connectivity index (χ1n) is 8.50. The molecule has 0 radical (unpaired) electrons. The Morgan fingerprint density at radius 1 is 1.13 bits per heavy atom. The minimum Gasteiger partial charge on any atom is -0.379 e. The Hall–Kier alpha value is -1.07. The zero-order valence-corrected chi connectivity index (χ0v) is 14.4. The van der Waals surface area contributed by atoms with Gasteiger partial charge in [0.25, 0.3) is 0 Å². The van der Waals surface area contributed by atoms with Gasteiger partial charge in [-0.2, -0.15) is 0 Å². The molecule has 1 saturated heterocycles. The van der Waals surface area contributed by atoms with Crippen molar-refractivity contribution < 1.29 is 4.74 Å². The van der Waals surface area contributed by atoms with E-state index in [4.69, 9.17) is 16.3 Å². The van der Waals surface area contributed by atoms with Crippen LogP contribution in [0, 0.1) is 0 Å². The molecule has 3 heterocycles. The van der Waals surface area contributed by atoms with Crippen LogP contribution in [0.15, 0.2) is 24.3 Å². The van der Waals surface area contributed by atoms with Gasteiger partial charge in [-0.1, -0.05) is 18.2 Å². The van der Waals surface area contributed by atoms with Crippen molar-refractivity contribution >= 4 is 22.5 Å². The second-order valence-electron chi connectivity index (χ2n) is 6.55. The minimum atomic E-state index is -0.0201. The number of halogens is 1. The van der Waals surface area contributed by atoms with Crippen molar-refractivity contribution in [1.82, 2.24) is 14.4 Å². The smallest absolute Gasteiger partial charge is 0.113 e. The Kier molecular flexibility index (Phi) is 4.33. The molecule has 1 atom stereocenters. The van der Waals surface area contributed by atoms with Gasteiger partial charge in [0, 0.05) is 61.3 Å². The summed E-state index contributed by atoms with van der Waals surface area (Å²) in [7, 11) is 2.11. The average molecular weight is 334 g/mol. The Balaban J connectivity index is 1.68. The molecule has 0 saturated carbocycles. The number of benzene rings is 1. The molecule has 23 heavy (non-hydrogen) atoms. The molecule has 1 unspecified atom stereocenters. The van der Waals surface area contributed by atoms with Gasteiger partial charge in [0.2, 0.25) is 0 Å². The normalized spacial score (nSPS) is 23.3. The van der Waals surface area contributed by atoms with Gasteiger partial charge in [-0.15, -0.1) is 11.6 Å². The first-order valence-corrected chi connectivity index (χ1v) is 8.94.